The molecule has 0 bridgehead atoms. The van der Waals surface area contributed by atoms with E-state index in [1.54, 1.807) is 6.92 Å². The zero-order chi connectivity index (χ0) is 14.6. The molecule has 0 atom stereocenters. The first-order valence-corrected chi connectivity index (χ1v) is 6.85. The van der Waals surface area contributed by atoms with Crippen LogP contribution >= 0.6 is 0 Å². The van der Waals surface area contributed by atoms with Crippen LogP contribution < -0.4 is 5.32 Å². The summed E-state index contributed by atoms with van der Waals surface area (Å²) in [7, 11) is 0. The van der Waals surface area contributed by atoms with E-state index in [1.807, 2.05) is 0 Å². The second kappa shape index (κ2) is 6.02. The van der Waals surface area contributed by atoms with E-state index in [2.05, 4.69) is 15.5 Å². The molecule has 1 fully saturated rings. The highest BCUT2D eigenvalue weighted by Crippen LogP contribution is 2.34. The van der Waals surface area contributed by atoms with Crippen LogP contribution in [0.25, 0.3) is 0 Å². The van der Waals surface area contributed by atoms with Crippen molar-refractivity contribution in [2.24, 2.45) is 5.41 Å². The molecule has 0 aromatic carbocycles. The molecular weight excluding hydrogens is 262 g/mol. The van der Waals surface area contributed by atoms with E-state index < -0.39 is 17.3 Å². The van der Waals surface area contributed by atoms with Crippen LogP contribution in [0.15, 0.2) is 4.52 Å². The zero-order valence-corrected chi connectivity index (χ0v) is 11.5. The van der Waals surface area contributed by atoms with Gasteiger partial charge in [-0.15, -0.1) is 0 Å². The Morgan fingerprint density at radius 3 is 2.45 bits per heavy atom. The Morgan fingerprint density at radius 2 is 1.95 bits per heavy atom. The third-order valence-corrected chi connectivity index (χ3v) is 3.83. The third-order valence-electron chi connectivity index (χ3n) is 3.83. The van der Waals surface area contributed by atoms with Crippen LogP contribution in [-0.2, 0) is 4.79 Å². The molecular formula is C13H19N3O4. The van der Waals surface area contributed by atoms with Crippen molar-refractivity contribution in [3.05, 3.63) is 11.7 Å². The molecule has 7 nitrogen and oxygen atoms in total. The van der Waals surface area contributed by atoms with Gasteiger partial charge < -0.3 is 14.9 Å². The topological polar surface area (TPSA) is 105 Å². The van der Waals surface area contributed by atoms with Crippen LogP contribution in [0.5, 0.6) is 0 Å². The maximum absolute atomic E-state index is 11.9. The molecule has 2 N–H and O–H groups in total. The number of aryl methyl sites for hydroxylation is 1. The Labute approximate surface area is 116 Å². The van der Waals surface area contributed by atoms with Crippen molar-refractivity contribution in [2.45, 2.75) is 45.4 Å². The Balaban J connectivity index is 2.01. The average Bonchev–Trinajstić information content (AvgIpc) is 2.71. The molecule has 0 saturated heterocycles. The van der Waals surface area contributed by atoms with Gasteiger partial charge in [0.05, 0.1) is 5.41 Å². The quantitative estimate of drug-likeness (QED) is 0.811. The summed E-state index contributed by atoms with van der Waals surface area (Å²) in [5, 5.41) is 15.6. The molecule has 0 radical (unpaired) electrons. The molecule has 1 heterocycles. The van der Waals surface area contributed by atoms with Gasteiger partial charge in [0.1, 0.15) is 0 Å². The van der Waals surface area contributed by atoms with Crippen molar-refractivity contribution in [3.8, 4) is 0 Å². The number of nitrogens with one attached hydrogen (secondary N) is 1. The molecule has 1 saturated carbocycles. The number of carbonyl (C=O) groups excluding carboxylic acids is 1. The molecule has 1 aromatic rings. The highest BCUT2D eigenvalue weighted by atomic mass is 16.5. The van der Waals surface area contributed by atoms with Crippen LogP contribution in [0, 0.1) is 12.3 Å². The smallest absolute Gasteiger partial charge is 0.311 e. The summed E-state index contributed by atoms with van der Waals surface area (Å²) in [5.41, 5.74) is -0.870. The number of hydrogen-bond donors (Lipinski definition) is 2. The van der Waals surface area contributed by atoms with Crippen molar-refractivity contribution >= 4 is 11.9 Å². The molecule has 0 unspecified atom stereocenters. The summed E-state index contributed by atoms with van der Waals surface area (Å²) in [5.74, 6) is -1.09. The summed E-state index contributed by atoms with van der Waals surface area (Å²) in [6.07, 6.45) is 5.04. The monoisotopic (exact) mass is 281 g/mol. The van der Waals surface area contributed by atoms with Gasteiger partial charge in [-0.1, -0.05) is 30.8 Å². The number of aromatic nitrogens is 2. The Hall–Kier alpha value is -1.92. The maximum atomic E-state index is 11.9. The molecule has 20 heavy (non-hydrogen) atoms. The number of hydrogen-bond acceptors (Lipinski definition) is 5. The predicted octanol–water partition coefficient (Wildman–Crippen LogP) is 1.53. The van der Waals surface area contributed by atoms with Crippen LogP contribution in [-0.4, -0.2) is 33.7 Å². The number of amides is 1. The Morgan fingerprint density at radius 1 is 1.30 bits per heavy atom. The van der Waals surface area contributed by atoms with Crippen LogP contribution in [0.4, 0.5) is 0 Å². The molecule has 7 heteroatoms. The van der Waals surface area contributed by atoms with E-state index in [1.165, 1.54) is 0 Å². The standard InChI is InChI=1S/C13H19N3O4/c1-9-15-10(16-20-9)11(17)14-8-13(12(18)19)6-4-2-3-5-7-13/h2-8H2,1H3,(H,14,17)(H,18,19). The van der Waals surface area contributed by atoms with Gasteiger partial charge in [0, 0.05) is 13.5 Å². The van der Waals surface area contributed by atoms with Gasteiger partial charge in [-0.3, -0.25) is 9.59 Å². The lowest BCUT2D eigenvalue weighted by Crippen LogP contribution is -2.43. The lowest BCUT2D eigenvalue weighted by atomic mass is 9.80. The van der Waals surface area contributed by atoms with Gasteiger partial charge in [-0.05, 0) is 12.8 Å². The minimum atomic E-state index is -0.870. The summed E-state index contributed by atoms with van der Waals surface area (Å²) >= 11 is 0. The number of carboxylic acid groups (broad SMARTS) is 1. The number of rotatable bonds is 4. The van der Waals surface area contributed by atoms with Gasteiger partial charge in [0.2, 0.25) is 5.89 Å². The van der Waals surface area contributed by atoms with Gasteiger partial charge in [0.25, 0.3) is 11.7 Å². The van der Waals surface area contributed by atoms with Crippen LogP contribution in [0.2, 0.25) is 0 Å². The van der Waals surface area contributed by atoms with E-state index in [0.29, 0.717) is 18.7 Å². The van der Waals surface area contributed by atoms with Gasteiger partial charge in [-0.25, -0.2) is 0 Å². The first-order chi connectivity index (χ1) is 9.53. The van der Waals surface area contributed by atoms with Crippen molar-refractivity contribution in [3.63, 3.8) is 0 Å². The number of nitrogens with zero attached hydrogens (tertiary/aromatic N) is 2. The summed E-state index contributed by atoms with van der Waals surface area (Å²) in [6, 6.07) is 0. The molecule has 1 amide bonds. The molecule has 0 aliphatic heterocycles. The molecule has 0 spiro atoms. The minimum Gasteiger partial charge on any atom is -0.481 e. The number of carbonyl (C=O) groups is 2. The molecule has 1 aliphatic carbocycles. The largest absolute Gasteiger partial charge is 0.481 e. The first kappa shape index (κ1) is 14.5. The van der Waals surface area contributed by atoms with E-state index in [0.717, 1.165) is 25.7 Å². The van der Waals surface area contributed by atoms with Crippen molar-refractivity contribution in [1.29, 1.82) is 0 Å². The fourth-order valence-corrected chi connectivity index (χ4v) is 2.59. The average molecular weight is 281 g/mol. The lowest BCUT2D eigenvalue weighted by molar-refractivity contribution is -0.149. The Bertz CT molecular complexity index is 490. The minimum absolute atomic E-state index is 0.0586. The summed E-state index contributed by atoms with van der Waals surface area (Å²) in [4.78, 5) is 27.3. The molecule has 2 rings (SSSR count). The van der Waals surface area contributed by atoms with Crippen molar-refractivity contribution in [2.75, 3.05) is 6.54 Å². The molecule has 1 aliphatic rings. The summed E-state index contributed by atoms with van der Waals surface area (Å²) in [6.45, 7) is 1.70. The highest BCUT2D eigenvalue weighted by molar-refractivity contribution is 5.90. The predicted molar refractivity (Wildman–Crippen MR) is 69.1 cm³/mol. The zero-order valence-electron chi connectivity index (χ0n) is 11.5. The van der Waals surface area contributed by atoms with Gasteiger partial charge >= 0.3 is 5.97 Å². The highest BCUT2D eigenvalue weighted by Gasteiger charge is 2.39. The van der Waals surface area contributed by atoms with E-state index in [4.69, 9.17) is 4.52 Å². The van der Waals surface area contributed by atoms with Crippen LogP contribution in [0.3, 0.4) is 0 Å². The summed E-state index contributed by atoms with van der Waals surface area (Å²) < 4.78 is 4.73. The number of carboxylic acids is 1. The fraction of sp³-hybridized carbons (Fsp3) is 0.692. The van der Waals surface area contributed by atoms with E-state index in [9.17, 15) is 14.7 Å². The van der Waals surface area contributed by atoms with Crippen molar-refractivity contribution in [1.82, 2.24) is 15.5 Å². The SMILES string of the molecule is Cc1nc(C(=O)NCC2(C(=O)O)CCCCCC2)no1. The second-order valence-corrected chi connectivity index (χ2v) is 5.32. The molecule has 1 aromatic heterocycles. The lowest BCUT2D eigenvalue weighted by Gasteiger charge is -2.27. The maximum Gasteiger partial charge on any atom is 0.311 e. The number of aliphatic carboxylic acids is 1. The first-order valence-electron chi connectivity index (χ1n) is 6.85. The third kappa shape index (κ3) is 3.15. The molecule has 110 valence electrons. The second-order valence-electron chi connectivity index (χ2n) is 5.32. The van der Waals surface area contributed by atoms with Crippen molar-refractivity contribution < 1.29 is 19.2 Å². The van der Waals surface area contributed by atoms with E-state index in [-0.39, 0.29) is 12.4 Å². The van der Waals surface area contributed by atoms with E-state index >= 15 is 0 Å². The van der Waals surface area contributed by atoms with Gasteiger partial charge in [-0.2, -0.15) is 4.98 Å². The van der Waals surface area contributed by atoms with Gasteiger partial charge in [0.15, 0.2) is 0 Å². The fourth-order valence-electron chi connectivity index (χ4n) is 2.59. The normalized spacial score (nSPS) is 18.2. The Kier molecular flexibility index (Phi) is 4.36. The van der Waals surface area contributed by atoms with Crippen LogP contribution in [0.1, 0.15) is 55.0 Å².